The first-order valence-electron chi connectivity index (χ1n) is 5.84. The Morgan fingerprint density at radius 2 is 2.18 bits per heavy atom. The van der Waals surface area contributed by atoms with Crippen LogP contribution in [0, 0.1) is 0 Å². The second kappa shape index (κ2) is 6.66. The van der Waals surface area contributed by atoms with Crippen LogP contribution in [0.3, 0.4) is 0 Å². The van der Waals surface area contributed by atoms with E-state index >= 15 is 0 Å². The third-order valence-electron chi connectivity index (χ3n) is 2.41. The van der Waals surface area contributed by atoms with E-state index in [1.807, 2.05) is 20.8 Å². The van der Waals surface area contributed by atoms with Crippen LogP contribution in [0.25, 0.3) is 0 Å². The number of aromatic nitrogens is 2. The van der Waals surface area contributed by atoms with Gasteiger partial charge in [-0.3, -0.25) is 4.79 Å². The first-order chi connectivity index (χ1) is 8.11. The molecule has 1 aromatic rings. The molecule has 1 N–H and O–H groups in total. The molecule has 17 heavy (non-hydrogen) atoms. The van der Waals surface area contributed by atoms with E-state index in [-0.39, 0.29) is 18.4 Å². The Morgan fingerprint density at radius 3 is 2.71 bits per heavy atom. The molecular formula is C11H19N3O2S. The third-order valence-corrected chi connectivity index (χ3v) is 3.13. The van der Waals surface area contributed by atoms with Gasteiger partial charge >= 0.3 is 0 Å². The van der Waals surface area contributed by atoms with Crippen molar-refractivity contribution in [2.24, 2.45) is 0 Å². The SMILES string of the molecule is CCCN(CCO)C(=O)c1snnc1C(C)C. The summed E-state index contributed by atoms with van der Waals surface area (Å²) in [6.07, 6.45) is 0.870. The first-order valence-corrected chi connectivity index (χ1v) is 6.61. The van der Waals surface area contributed by atoms with E-state index < -0.39 is 0 Å². The van der Waals surface area contributed by atoms with Crippen LogP contribution in [0.5, 0.6) is 0 Å². The van der Waals surface area contributed by atoms with Crippen molar-refractivity contribution in [2.45, 2.75) is 33.1 Å². The lowest BCUT2D eigenvalue weighted by atomic mass is 10.1. The van der Waals surface area contributed by atoms with E-state index in [0.29, 0.717) is 18.0 Å². The summed E-state index contributed by atoms with van der Waals surface area (Å²) in [5.41, 5.74) is 0.749. The van der Waals surface area contributed by atoms with Crippen LogP contribution in [0.4, 0.5) is 0 Å². The van der Waals surface area contributed by atoms with Gasteiger partial charge in [0.15, 0.2) is 0 Å². The van der Waals surface area contributed by atoms with Crippen LogP contribution in [0.2, 0.25) is 0 Å². The number of aliphatic hydroxyl groups excluding tert-OH is 1. The summed E-state index contributed by atoms with van der Waals surface area (Å²) in [5, 5.41) is 13.0. The van der Waals surface area contributed by atoms with E-state index in [0.717, 1.165) is 23.6 Å². The number of hydrogen-bond acceptors (Lipinski definition) is 5. The van der Waals surface area contributed by atoms with Gasteiger partial charge in [-0.05, 0) is 23.9 Å². The summed E-state index contributed by atoms with van der Waals surface area (Å²) in [5.74, 6) is 0.116. The predicted octanol–water partition coefficient (Wildman–Crippen LogP) is 1.51. The van der Waals surface area contributed by atoms with Gasteiger partial charge in [0.2, 0.25) is 0 Å². The molecule has 0 saturated heterocycles. The van der Waals surface area contributed by atoms with Crippen molar-refractivity contribution in [2.75, 3.05) is 19.7 Å². The number of hydrogen-bond donors (Lipinski definition) is 1. The Hall–Kier alpha value is -1.01. The van der Waals surface area contributed by atoms with Gasteiger partial charge < -0.3 is 10.0 Å². The quantitative estimate of drug-likeness (QED) is 0.838. The highest BCUT2D eigenvalue weighted by molar-refractivity contribution is 7.08. The smallest absolute Gasteiger partial charge is 0.267 e. The second-order valence-electron chi connectivity index (χ2n) is 4.16. The van der Waals surface area contributed by atoms with Crippen LogP contribution in [-0.4, -0.2) is 45.2 Å². The van der Waals surface area contributed by atoms with E-state index in [2.05, 4.69) is 9.59 Å². The normalized spacial score (nSPS) is 10.9. The maximum atomic E-state index is 12.3. The summed E-state index contributed by atoms with van der Waals surface area (Å²) in [4.78, 5) is 14.5. The fraction of sp³-hybridized carbons (Fsp3) is 0.727. The largest absolute Gasteiger partial charge is 0.395 e. The molecule has 1 rings (SSSR count). The van der Waals surface area contributed by atoms with Crippen molar-refractivity contribution >= 4 is 17.4 Å². The lowest BCUT2D eigenvalue weighted by Gasteiger charge is -2.20. The number of carbonyl (C=O) groups excluding carboxylic acids is 1. The zero-order chi connectivity index (χ0) is 12.8. The minimum Gasteiger partial charge on any atom is -0.395 e. The molecule has 0 radical (unpaired) electrons. The number of rotatable bonds is 6. The van der Waals surface area contributed by atoms with Crippen molar-refractivity contribution in [3.8, 4) is 0 Å². The summed E-state index contributed by atoms with van der Waals surface area (Å²) in [7, 11) is 0. The summed E-state index contributed by atoms with van der Waals surface area (Å²) >= 11 is 1.13. The zero-order valence-electron chi connectivity index (χ0n) is 10.5. The fourth-order valence-electron chi connectivity index (χ4n) is 1.57. The van der Waals surface area contributed by atoms with Gasteiger partial charge in [0, 0.05) is 13.1 Å². The second-order valence-corrected chi connectivity index (χ2v) is 4.91. The van der Waals surface area contributed by atoms with Crippen molar-refractivity contribution in [1.82, 2.24) is 14.5 Å². The van der Waals surface area contributed by atoms with Crippen molar-refractivity contribution < 1.29 is 9.90 Å². The van der Waals surface area contributed by atoms with Gasteiger partial charge in [-0.15, -0.1) is 5.10 Å². The Bertz CT molecular complexity index is 359. The maximum Gasteiger partial charge on any atom is 0.267 e. The zero-order valence-corrected chi connectivity index (χ0v) is 11.3. The molecule has 1 amide bonds. The summed E-state index contributed by atoms with van der Waals surface area (Å²) < 4.78 is 3.85. The summed E-state index contributed by atoms with van der Waals surface area (Å²) in [6, 6.07) is 0. The first kappa shape index (κ1) is 14.1. The van der Waals surface area contributed by atoms with Gasteiger partial charge in [-0.1, -0.05) is 25.3 Å². The van der Waals surface area contributed by atoms with E-state index in [9.17, 15) is 4.79 Å². The number of aliphatic hydroxyl groups is 1. The van der Waals surface area contributed by atoms with Gasteiger partial charge in [-0.2, -0.15) is 0 Å². The minimum absolute atomic E-state index is 0.0189. The average Bonchev–Trinajstić information content (AvgIpc) is 2.76. The molecule has 0 saturated carbocycles. The van der Waals surface area contributed by atoms with Crippen LogP contribution >= 0.6 is 11.5 Å². The molecular weight excluding hydrogens is 238 g/mol. The number of amides is 1. The molecule has 0 unspecified atom stereocenters. The monoisotopic (exact) mass is 257 g/mol. The number of carbonyl (C=O) groups is 1. The molecule has 5 nitrogen and oxygen atoms in total. The minimum atomic E-state index is -0.0698. The van der Waals surface area contributed by atoms with Crippen molar-refractivity contribution in [3.63, 3.8) is 0 Å². The van der Waals surface area contributed by atoms with Crippen LogP contribution in [0.1, 0.15) is 48.5 Å². The molecule has 96 valence electrons. The molecule has 0 bridgehead atoms. The highest BCUT2D eigenvalue weighted by atomic mass is 32.1. The van der Waals surface area contributed by atoms with Gasteiger partial charge in [0.05, 0.1) is 12.3 Å². The lowest BCUT2D eigenvalue weighted by molar-refractivity contribution is 0.0725. The van der Waals surface area contributed by atoms with Crippen molar-refractivity contribution in [1.29, 1.82) is 0 Å². The topological polar surface area (TPSA) is 66.3 Å². The van der Waals surface area contributed by atoms with E-state index in [1.165, 1.54) is 0 Å². The van der Waals surface area contributed by atoms with Crippen LogP contribution in [0.15, 0.2) is 0 Å². The standard InChI is InChI=1S/C11H19N3O2S/c1-4-5-14(6-7-15)11(16)10-9(8(2)3)12-13-17-10/h8,15H,4-7H2,1-3H3. The Labute approximate surface area is 106 Å². The molecule has 1 heterocycles. The molecule has 0 aliphatic carbocycles. The lowest BCUT2D eigenvalue weighted by Crippen LogP contribution is -2.34. The van der Waals surface area contributed by atoms with Crippen LogP contribution < -0.4 is 0 Å². The summed E-state index contributed by atoms with van der Waals surface area (Å²) in [6.45, 7) is 6.98. The van der Waals surface area contributed by atoms with E-state index in [1.54, 1.807) is 4.90 Å². The molecule has 0 aliphatic rings. The Morgan fingerprint density at radius 1 is 1.47 bits per heavy atom. The highest BCUT2D eigenvalue weighted by Crippen LogP contribution is 2.21. The van der Waals surface area contributed by atoms with Gasteiger partial charge in [0.25, 0.3) is 5.91 Å². The van der Waals surface area contributed by atoms with Crippen molar-refractivity contribution in [3.05, 3.63) is 10.6 Å². The molecule has 0 fully saturated rings. The molecule has 6 heteroatoms. The van der Waals surface area contributed by atoms with Gasteiger partial charge in [-0.25, -0.2) is 0 Å². The Balaban J connectivity index is 2.88. The highest BCUT2D eigenvalue weighted by Gasteiger charge is 2.22. The average molecular weight is 257 g/mol. The molecule has 0 atom stereocenters. The maximum absolute atomic E-state index is 12.3. The third kappa shape index (κ3) is 3.47. The van der Waals surface area contributed by atoms with Crippen LogP contribution in [-0.2, 0) is 0 Å². The van der Waals surface area contributed by atoms with Gasteiger partial charge in [0.1, 0.15) is 4.88 Å². The molecule has 0 spiro atoms. The molecule has 0 aromatic carbocycles. The van der Waals surface area contributed by atoms with E-state index in [4.69, 9.17) is 5.11 Å². The predicted molar refractivity (Wildman–Crippen MR) is 67.3 cm³/mol. The number of nitrogens with zero attached hydrogens (tertiary/aromatic N) is 3. The fourth-order valence-corrected chi connectivity index (χ4v) is 2.36. The molecule has 0 aliphatic heterocycles. The Kier molecular flexibility index (Phi) is 5.50. The molecule has 1 aromatic heterocycles.